The molecule has 0 saturated carbocycles. The largest absolute Gasteiger partial charge is 0.296 e. The smallest absolute Gasteiger partial charge is 0.175 e. The molecule has 4 nitrogen and oxygen atoms in total. The molecule has 1 atom stereocenters. The van der Waals surface area contributed by atoms with Gasteiger partial charge >= 0.3 is 0 Å². The molecule has 1 aliphatic heterocycles. The molecule has 0 spiro atoms. The molecule has 1 aromatic heterocycles. The van der Waals surface area contributed by atoms with Crippen LogP contribution in [0.5, 0.6) is 0 Å². The van der Waals surface area contributed by atoms with Gasteiger partial charge in [-0.3, -0.25) is 14.6 Å². The molecule has 122 valence electrons. The number of allylic oxidation sites excluding steroid dienone is 1. The molecular weight excluding hydrogens is 344 g/mol. The molecule has 0 bridgehead atoms. The summed E-state index contributed by atoms with van der Waals surface area (Å²) in [6.45, 7) is 4.83. The number of Topliss-reactive ketones (excluding diaryl/α,β-unsaturated/α-hetero) is 2. The van der Waals surface area contributed by atoms with Gasteiger partial charge in [0.05, 0.1) is 21.3 Å². The minimum absolute atomic E-state index is 0.00968. The maximum atomic E-state index is 12.4. The third kappa shape index (κ3) is 2.64. The average molecular weight is 359 g/mol. The van der Waals surface area contributed by atoms with E-state index >= 15 is 0 Å². The van der Waals surface area contributed by atoms with Crippen LogP contribution in [-0.4, -0.2) is 21.7 Å². The predicted octanol–water partition coefficient (Wildman–Crippen LogP) is 4.15. The van der Waals surface area contributed by atoms with Crippen molar-refractivity contribution in [1.29, 1.82) is 0 Å². The Morgan fingerprint density at radius 1 is 1.17 bits per heavy atom. The molecule has 2 aromatic rings. The van der Waals surface area contributed by atoms with Crippen LogP contribution in [0.15, 0.2) is 41.4 Å². The summed E-state index contributed by atoms with van der Waals surface area (Å²) in [5.74, 6) is -0.102. The van der Waals surface area contributed by atoms with Crippen molar-refractivity contribution in [2.45, 2.75) is 26.3 Å². The van der Waals surface area contributed by atoms with E-state index in [9.17, 15) is 9.59 Å². The maximum absolute atomic E-state index is 12.4. The topological polar surface area (TPSA) is 59.4 Å². The Morgan fingerprint density at radius 2 is 1.83 bits per heavy atom. The molecule has 6 heteroatoms. The van der Waals surface area contributed by atoms with Crippen LogP contribution in [0.3, 0.4) is 0 Å². The van der Waals surface area contributed by atoms with Gasteiger partial charge in [-0.25, -0.2) is 0 Å². The molecule has 0 fully saturated rings. The van der Waals surface area contributed by atoms with Gasteiger partial charge in [0.2, 0.25) is 0 Å². The molecule has 0 saturated heterocycles. The standard InChI is InChI=1S/C18H15ClN2O2S/c1-10-16(19)17(24-21-10)18(12(3)23)9-8-15(20-18)14-6-4-13(5-7-14)11(2)22/h4-9H,1-3H3. The van der Waals surface area contributed by atoms with Crippen LogP contribution in [0.2, 0.25) is 5.02 Å². The zero-order valence-electron chi connectivity index (χ0n) is 13.5. The van der Waals surface area contributed by atoms with Crippen LogP contribution in [0, 0.1) is 6.92 Å². The Bertz CT molecular complexity index is 896. The number of hydrogen-bond acceptors (Lipinski definition) is 5. The molecule has 0 amide bonds. The highest BCUT2D eigenvalue weighted by atomic mass is 35.5. The predicted molar refractivity (Wildman–Crippen MR) is 96.3 cm³/mol. The monoisotopic (exact) mass is 358 g/mol. The van der Waals surface area contributed by atoms with E-state index < -0.39 is 5.54 Å². The van der Waals surface area contributed by atoms with Crippen molar-refractivity contribution in [3.05, 3.63) is 63.1 Å². The number of aromatic nitrogens is 1. The quantitative estimate of drug-likeness (QED) is 0.771. The van der Waals surface area contributed by atoms with Crippen LogP contribution in [0.1, 0.15) is 40.3 Å². The number of hydrogen-bond donors (Lipinski definition) is 0. The van der Waals surface area contributed by atoms with Gasteiger partial charge in [-0.1, -0.05) is 35.9 Å². The van der Waals surface area contributed by atoms with Crippen LogP contribution in [0.4, 0.5) is 0 Å². The van der Waals surface area contributed by atoms with Crippen molar-refractivity contribution in [3.63, 3.8) is 0 Å². The Balaban J connectivity index is 2.06. The van der Waals surface area contributed by atoms with Gasteiger partial charge in [-0.2, -0.15) is 4.37 Å². The highest BCUT2D eigenvalue weighted by molar-refractivity contribution is 7.07. The highest BCUT2D eigenvalue weighted by Crippen LogP contribution is 2.41. The van der Waals surface area contributed by atoms with Gasteiger partial charge in [-0.15, -0.1) is 0 Å². The summed E-state index contributed by atoms with van der Waals surface area (Å²) in [7, 11) is 0. The van der Waals surface area contributed by atoms with E-state index in [0.29, 0.717) is 26.9 Å². The van der Waals surface area contributed by atoms with Crippen molar-refractivity contribution >= 4 is 40.4 Å². The summed E-state index contributed by atoms with van der Waals surface area (Å²) in [5.41, 5.74) is 1.75. The fraction of sp³-hybridized carbons (Fsp3) is 0.222. The number of halogens is 1. The fourth-order valence-corrected chi connectivity index (χ4v) is 3.86. The van der Waals surface area contributed by atoms with Crippen molar-refractivity contribution in [2.75, 3.05) is 0 Å². The van der Waals surface area contributed by atoms with Gasteiger partial charge in [-0.05, 0) is 50.0 Å². The minimum Gasteiger partial charge on any atom is -0.296 e. The van der Waals surface area contributed by atoms with Crippen molar-refractivity contribution in [2.24, 2.45) is 4.99 Å². The first-order chi connectivity index (χ1) is 11.3. The number of benzene rings is 1. The molecule has 0 radical (unpaired) electrons. The number of aryl methyl sites for hydroxylation is 1. The SMILES string of the molecule is CC(=O)c1ccc(C2=NC(C(C)=O)(c3snc(C)c3Cl)C=C2)cc1. The minimum atomic E-state index is -1.11. The second kappa shape index (κ2) is 6.07. The molecule has 24 heavy (non-hydrogen) atoms. The highest BCUT2D eigenvalue weighted by Gasteiger charge is 2.41. The van der Waals surface area contributed by atoms with E-state index in [2.05, 4.69) is 9.37 Å². The number of aliphatic imine (C=N–C) groups is 1. The van der Waals surface area contributed by atoms with Crippen LogP contribution < -0.4 is 0 Å². The molecular formula is C18H15ClN2O2S. The zero-order valence-corrected chi connectivity index (χ0v) is 15.0. The molecule has 0 N–H and O–H groups in total. The second-order valence-corrected chi connectivity index (χ2v) is 6.85. The first-order valence-electron chi connectivity index (χ1n) is 7.39. The lowest BCUT2D eigenvalue weighted by Crippen LogP contribution is -2.27. The number of ketones is 2. The van der Waals surface area contributed by atoms with Crippen LogP contribution in [-0.2, 0) is 10.3 Å². The normalized spacial score (nSPS) is 19.4. The van der Waals surface area contributed by atoms with Gasteiger partial charge in [0.1, 0.15) is 0 Å². The first kappa shape index (κ1) is 16.7. The van der Waals surface area contributed by atoms with Gasteiger partial charge < -0.3 is 0 Å². The molecule has 2 heterocycles. The molecule has 3 rings (SSSR count). The van der Waals surface area contributed by atoms with Crippen molar-refractivity contribution in [3.8, 4) is 0 Å². The van der Waals surface area contributed by atoms with Gasteiger partial charge in [0.15, 0.2) is 17.1 Å². The molecule has 1 aromatic carbocycles. The van der Waals surface area contributed by atoms with Gasteiger partial charge in [0.25, 0.3) is 0 Å². The summed E-state index contributed by atoms with van der Waals surface area (Å²) in [6.07, 6.45) is 3.58. The lowest BCUT2D eigenvalue weighted by Gasteiger charge is -2.19. The maximum Gasteiger partial charge on any atom is 0.175 e. The summed E-state index contributed by atoms with van der Waals surface area (Å²) in [6, 6.07) is 7.17. The van der Waals surface area contributed by atoms with E-state index in [0.717, 1.165) is 5.56 Å². The van der Waals surface area contributed by atoms with Crippen molar-refractivity contribution < 1.29 is 9.59 Å². The van der Waals surface area contributed by atoms with E-state index in [1.54, 1.807) is 25.1 Å². The van der Waals surface area contributed by atoms with Crippen LogP contribution >= 0.6 is 23.1 Å². The second-order valence-electron chi connectivity index (χ2n) is 5.70. The Morgan fingerprint density at radius 3 is 2.33 bits per heavy atom. The number of carbonyl (C=O) groups excluding carboxylic acids is 2. The Hall–Kier alpha value is -2.11. The summed E-state index contributed by atoms with van der Waals surface area (Å²) < 4.78 is 4.23. The summed E-state index contributed by atoms with van der Waals surface area (Å²) in [4.78, 5) is 29.1. The molecule has 1 aliphatic rings. The Kier molecular flexibility index (Phi) is 4.24. The van der Waals surface area contributed by atoms with E-state index in [1.807, 2.05) is 18.2 Å². The molecule has 1 unspecified atom stereocenters. The van der Waals surface area contributed by atoms with E-state index in [4.69, 9.17) is 11.6 Å². The van der Waals surface area contributed by atoms with E-state index in [1.165, 1.54) is 25.4 Å². The number of carbonyl (C=O) groups is 2. The molecule has 0 aliphatic carbocycles. The average Bonchev–Trinajstić information content (AvgIpc) is 3.13. The third-order valence-corrected chi connectivity index (χ3v) is 5.68. The number of rotatable bonds is 4. The lowest BCUT2D eigenvalue weighted by molar-refractivity contribution is -0.120. The Labute approximate surface area is 149 Å². The lowest BCUT2D eigenvalue weighted by atomic mass is 9.94. The fourth-order valence-electron chi connectivity index (χ4n) is 2.58. The van der Waals surface area contributed by atoms with Crippen molar-refractivity contribution in [1.82, 2.24) is 4.37 Å². The van der Waals surface area contributed by atoms with Gasteiger partial charge in [0, 0.05) is 5.56 Å². The summed E-state index contributed by atoms with van der Waals surface area (Å²) >= 11 is 7.53. The van der Waals surface area contributed by atoms with Crippen LogP contribution in [0.25, 0.3) is 0 Å². The summed E-state index contributed by atoms with van der Waals surface area (Å²) in [5, 5.41) is 0.483. The zero-order chi connectivity index (χ0) is 17.5. The first-order valence-corrected chi connectivity index (χ1v) is 8.54. The number of nitrogens with zero attached hydrogens (tertiary/aromatic N) is 2. The van der Waals surface area contributed by atoms with E-state index in [-0.39, 0.29) is 11.6 Å². The third-order valence-electron chi connectivity index (χ3n) is 4.04.